The highest BCUT2D eigenvalue weighted by molar-refractivity contribution is 7.15. The molecular formula is C20H12FN3O3S. The van der Waals surface area contributed by atoms with Crippen LogP contribution >= 0.6 is 11.3 Å². The second-order valence-electron chi connectivity index (χ2n) is 5.94. The van der Waals surface area contributed by atoms with E-state index in [9.17, 15) is 14.3 Å². The summed E-state index contributed by atoms with van der Waals surface area (Å²) in [6.45, 7) is 0. The Morgan fingerprint density at radius 1 is 1.36 bits per heavy atom. The molecule has 1 N–H and O–H groups in total. The van der Waals surface area contributed by atoms with Crippen LogP contribution in [0.4, 0.5) is 4.39 Å². The molecule has 0 saturated heterocycles. The number of methoxy groups -OCH3 is 1. The number of nitrogens with zero attached hydrogens (tertiary/aromatic N) is 3. The van der Waals surface area contributed by atoms with Crippen LogP contribution in [0.2, 0.25) is 0 Å². The predicted molar refractivity (Wildman–Crippen MR) is 103 cm³/mol. The molecule has 0 aliphatic heterocycles. The molecule has 2 aromatic carbocycles. The maximum atomic E-state index is 13.8. The summed E-state index contributed by atoms with van der Waals surface area (Å²) in [5.74, 6) is -1.43. The summed E-state index contributed by atoms with van der Waals surface area (Å²) in [5.41, 5.74) is 1.93. The summed E-state index contributed by atoms with van der Waals surface area (Å²) < 4.78 is 20.5. The van der Waals surface area contributed by atoms with E-state index in [-0.39, 0.29) is 11.3 Å². The molecule has 0 atom stereocenters. The van der Waals surface area contributed by atoms with Crippen LogP contribution in [0.3, 0.4) is 0 Å². The van der Waals surface area contributed by atoms with Crippen molar-refractivity contribution >= 4 is 22.4 Å². The molecule has 6 nitrogen and oxygen atoms in total. The Morgan fingerprint density at radius 2 is 2.18 bits per heavy atom. The van der Waals surface area contributed by atoms with Crippen molar-refractivity contribution < 1.29 is 14.2 Å². The van der Waals surface area contributed by atoms with Crippen LogP contribution in [0.5, 0.6) is 11.5 Å². The zero-order chi connectivity index (χ0) is 19.8. The van der Waals surface area contributed by atoms with Gasteiger partial charge < -0.3 is 9.84 Å². The zero-order valence-electron chi connectivity index (χ0n) is 14.5. The number of aromatic hydroxyl groups is 1. The molecule has 0 saturated carbocycles. The Kier molecular flexibility index (Phi) is 4.29. The number of hydrogen-bond acceptors (Lipinski definition) is 6. The van der Waals surface area contributed by atoms with Crippen molar-refractivity contribution in [1.82, 2.24) is 9.38 Å². The lowest BCUT2D eigenvalue weighted by atomic mass is 10.1. The van der Waals surface area contributed by atoms with Crippen molar-refractivity contribution in [2.24, 2.45) is 0 Å². The van der Waals surface area contributed by atoms with E-state index in [0.717, 1.165) is 23.0 Å². The van der Waals surface area contributed by atoms with Crippen LogP contribution in [0.1, 0.15) is 11.1 Å². The molecule has 0 spiro atoms. The van der Waals surface area contributed by atoms with Gasteiger partial charge in [0.25, 0.3) is 5.56 Å². The number of hydrogen-bond donors (Lipinski definition) is 1. The van der Waals surface area contributed by atoms with Crippen LogP contribution in [0.25, 0.3) is 22.3 Å². The Labute approximate surface area is 162 Å². The molecule has 2 heterocycles. The molecule has 0 aliphatic carbocycles. The summed E-state index contributed by atoms with van der Waals surface area (Å²) in [7, 11) is 1.32. The van der Waals surface area contributed by atoms with Crippen molar-refractivity contribution in [1.29, 1.82) is 5.26 Å². The van der Waals surface area contributed by atoms with Crippen LogP contribution in [0, 0.1) is 17.1 Å². The molecule has 8 heteroatoms. The van der Waals surface area contributed by atoms with Gasteiger partial charge in [0.15, 0.2) is 22.3 Å². The molecule has 2 aromatic heterocycles. The molecule has 0 radical (unpaired) electrons. The Balaban J connectivity index is 1.81. The van der Waals surface area contributed by atoms with Gasteiger partial charge in [-0.15, -0.1) is 0 Å². The highest BCUT2D eigenvalue weighted by Gasteiger charge is 2.12. The van der Waals surface area contributed by atoms with Gasteiger partial charge >= 0.3 is 0 Å². The topological polar surface area (TPSA) is 87.6 Å². The monoisotopic (exact) mass is 393 g/mol. The smallest absolute Gasteiger partial charge is 0.274 e. The maximum absolute atomic E-state index is 13.8. The fourth-order valence-electron chi connectivity index (χ4n) is 2.80. The summed E-state index contributed by atoms with van der Waals surface area (Å²) >= 11 is 1.16. The molecule has 0 aliphatic rings. The lowest BCUT2D eigenvalue weighted by molar-refractivity contribution is 0.357. The average Bonchev–Trinajstić information content (AvgIpc) is 3.24. The van der Waals surface area contributed by atoms with E-state index in [2.05, 4.69) is 11.1 Å². The first-order valence-corrected chi connectivity index (χ1v) is 8.92. The minimum absolute atomic E-state index is 0.0142. The zero-order valence-corrected chi connectivity index (χ0v) is 15.3. The third-order valence-electron chi connectivity index (χ3n) is 4.16. The highest BCUT2D eigenvalue weighted by atomic mass is 32.1. The maximum Gasteiger partial charge on any atom is 0.274 e. The molecule has 0 amide bonds. The van der Waals surface area contributed by atoms with E-state index in [1.165, 1.54) is 23.7 Å². The first-order chi connectivity index (χ1) is 13.5. The van der Waals surface area contributed by atoms with E-state index >= 15 is 0 Å². The first kappa shape index (κ1) is 17.7. The summed E-state index contributed by atoms with van der Waals surface area (Å²) in [6, 6.07) is 11.6. The summed E-state index contributed by atoms with van der Waals surface area (Å²) in [4.78, 5) is 17.6. The van der Waals surface area contributed by atoms with Crippen molar-refractivity contribution in [3.63, 3.8) is 0 Å². The predicted octanol–water partition coefficient (Wildman–Crippen LogP) is 2.70. The van der Waals surface area contributed by atoms with Gasteiger partial charge in [0, 0.05) is 11.8 Å². The van der Waals surface area contributed by atoms with Crippen LogP contribution in [-0.2, 0) is 0 Å². The number of benzene rings is 2. The van der Waals surface area contributed by atoms with Gasteiger partial charge in [-0.25, -0.2) is 9.37 Å². The SMILES string of the molecule is COc1cc(C=c2sc3nc(-c4cccc(C#N)c4)cn3c2=O)cc(F)c1O. The van der Waals surface area contributed by atoms with Gasteiger partial charge in [-0.1, -0.05) is 23.5 Å². The van der Waals surface area contributed by atoms with E-state index < -0.39 is 11.6 Å². The lowest BCUT2D eigenvalue weighted by Crippen LogP contribution is -2.22. The number of aromatic nitrogens is 2. The van der Waals surface area contributed by atoms with Crippen molar-refractivity contribution in [2.75, 3.05) is 7.11 Å². The molecule has 28 heavy (non-hydrogen) atoms. The number of rotatable bonds is 3. The largest absolute Gasteiger partial charge is 0.502 e. The number of imidazole rings is 1. The molecule has 0 unspecified atom stereocenters. The molecule has 0 fully saturated rings. The van der Waals surface area contributed by atoms with Gasteiger partial charge in [-0.2, -0.15) is 5.26 Å². The van der Waals surface area contributed by atoms with Gasteiger partial charge in [0.05, 0.1) is 29.0 Å². The Hall–Kier alpha value is -3.70. The highest BCUT2D eigenvalue weighted by Crippen LogP contribution is 2.30. The minimum atomic E-state index is -0.834. The van der Waals surface area contributed by atoms with Gasteiger partial charge in [0.1, 0.15) is 0 Å². The normalized spacial score (nSPS) is 11.7. The van der Waals surface area contributed by atoms with Gasteiger partial charge in [-0.3, -0.25) is 9.20 Å². The third-order valence-corrected chi connectivity index (χ3v) is 5.14. The fourth-order valence-corrected chi connectivity index (χ4v) is 3.76. The number of nitriles is 1. The first-order valence-electron chi connectivity index (χ1n) is 8.11. The standard InChI is InChI=1S/C20H12FN3O3S/c1-27-16-7-12(6-14(21)18(16)25)8-17-19(26)24-10-15(23-20(24)28-17)13-4-2-3-11(5-13)9-22/h2-8,10,25H,1H3. The van der Waals surface area contributed by atoms with Gasteiger partial charge in [0.2, 0.25) is 0 Å². The van der Waals surface area contributed by atoms with Crippen molar-refractivity contribution in [3.05, 3.63) is 74.4 Å². The number of phenolic OH excluding ortho intramolecular Hbond substituents is 1. The van der Waals surface area contributed by atoms with E-state index in [1.807, 2.05) is 6.07 Å². The van der Waals surface area contributed by atoms with Crippen LogP contribution < -0.4 is 14.8 Å². The number of fused-ring (bicyclic) bond motifs is 1. The molecule has 4 rings (SSSR count). The summed E-state index contributed by atoms with van der Waals surface area (Å²) in [5, 5.41) is 18.6. The molecule has 138 valence electrons. The van der Waals surface area contributed by atoms with Crippen LogP contribution in [-0.4, -0.2) is 21.6 Å². The Bertz CT molecular complexity index is 1370. The van der Waals surface area contributed by atoms with Crippen molar-refractivity contribution in [3.8, 4) is 28.8 Å². The summed E-state index contributed by atoms with van der Waals surface area (Å²) in [6.07, 6.45) is 3.13. The van der Waals surface area contributed by atoms with E-state index in [4.69, 9.17) is 10.00 Å². The second-order valence-corrected chi connectivity index (χ2v) is 6.95. The number of halogens is 1. The molecular weight excluding hydrogens is 381 g/mol. The average molecular weight is 393 g/mol. The third kappa shape index (κ3) is 2.98. The number of phenols is 1. The van der Waals surface area contributed by atoms with Crippen LogP contribution in [0.15, 0.2) is 47.4 Å². The molecule has 0 bridgehead atoms. The Morgan fingerprint density at radius 3 is 2.89 bits per heavy atom. The van der Waals surface area contributed by atoms with E-state index in [0.29, 0.717) is 26.3 Å². The fraction of sp³-hybridized carbons (Fsp3) is 0.0500. The minimum Gasteiger partial charge on any atom is -0.502 e. The van der Waals surface area contributed by atoms with Crippen molar-refractivity contribution in [2.45, 2.75) is 0 Å². The van der Waals surface area contributed by atoms with E-state index in [1.54, 1.807) is 24.4 Å². The molecule has 4 aromatic rings. The number of ether oxygens (including phenoxy) is 1. The van der Waals surface area contributed by atoms with Gasteiger partial charge in [-0.05, 0) is 35.9 Å². The lowest BCUT2D eigenvalue weighted by Gasteiger charge is -2.04. The quantitative estimate of drug-likeness (QED) is 0.578. The second kappa shape index (κ2) is 6.79. The number of thiazole rings is 1.